The zero-order chi connectivity index (χ0) is 12.1. The Balaban J connectivity index is 2.54. The van der Waals surface area contributed by atoms with Crippen molar-refractivity contribution in [3.8, 4) is 0 Å². The van der Waals surface area contributed by atoms with Crippen LogP contribution in [0.25, 0.3) is 0 Å². The van der Waals surface area contributed by atoms with E-state index in [0.717, 1.165) is 18.5 Å². The molecule has 0 aromatic carbocycles. The molecule has 1 aromatic heterocycles. The van der Waals surface area contributed by atoms with Crippen molar-refractivity contribution in [2.45, 2.75) is 46.1 Å². The van der Waals surface area contributed by atoms with Crippen molar-refractivity contribution in [2.24, 2.45) is 5.92 Å². The molecule has 1 heterocycles. The molecule has 2 unspecified atom stereocenters. The Hall–Kier alpha value is -1.32. The first-order valence-corrected chi connectivity index (χ1v) is 5.78. The Bertz CT molecular complexity index is 347. The Labute approximate surface area is 96.3 Å². The van der Waals surface area contributed by atoms with E-state index in [9.17, 15) is 4.79 Å². The lowest BCUT2D eigenvalue weighted by molar-refractivity contribution is -0.137. The molecule has 0 aliphatic heterocycles. The molecule has 16 heavy (non-hydrogen) atoms. The van der Waals surface area contributed by atoms with Gasteiger partial charge in [0.05, 0.1) is 5.69 Å². The molecular formula is C12H20N2O2. The van der Waals surface area contributed by atoms with E-state index in [1.165, 1.54) is 0 Å². The van der Waals surface area contributed by atoms with Crippen molar-refractivity contribution in [1.29, 1.82) is 0 Å². The van der Waals surface area contributed by atoms with E-state index in [1.807, 2.05) is 23.9 Å². The highest BCUT2D eigenvalue weighted by atomic mass is 16.4. The van der Waals surface area contributed by atoms with Crippen molar-refractivity contribution in [1.82, 2.24) is 9.78 Å². The molecule has 0 saturated carbocycles. The predicted octanol–water partition coefficient (Wildman–Crippen LogP) is 2.51. The van der Waals surface area contributed by atoms with E-state index in [0.29, 0.717) is 6.04 Å². The van der Waals surface area contributed by atoms with Crippen LogP contribution in [-0.4, -0.2) is 20.9 Å². The predicted molar refractivity (Wildman–Crippen MR) is 62.3 cm³/mol. The van der Waals surface area contributed by atoms with Gasteiger partial charge in [-0.15, -0.1) is 0 Å². The van der Waals surface area contributed by atoms with Crippen molar-refractivity contribution < 1.29 is 9.90 Å². The average molecular weight is 224 g/mol. The summed E-state index contributed by atoms with van der Waals surface area (Å²) in [5.41, 5.74) is 0.981. The standard InChI is InChI=1S/C12H20N2O2/c1-4-10(3)14-6-5-11(13-14)7-9(2)8-12(15)16/h5-6,9-10H,4,7-8H2,1-3H3,(H,15,16). The summed E-state index contributed by atoms with van der Waals surface area (Å²) in [5, 5.41) is 13.1. The van der Waals surface area contributed by atoms with Gasteiger partial charge in [-0.05, 0) is 31.7 Å². The number of hydrogen-bond acceptors (Lipinski definition) is 2. The molecule has 0 spiro atoms. The molecule has 0 saturated heterocycles. The van der Waals surface area contributed by atoms with Crippen LogP contribution in [0.5, 0.6) is 0 Å². The summed E-state index contributed by atoms with van der Waals surface area (Å²) in [7, 11) is 0. The summed E-state index contributed by atoms with van der Waals surface area (Å²) in [5.74, 6) is -0.605. The molecule has 1 aromatic rings. The number of nitrogens with zero attached hydrogens (tertiary/aromatic N) is 2. The number of aromatic nitrogens is 2. The molecule has 0 fully saturated rings. The van der Waals surface area contributed by atoms with Crippen LogP contribution in [0.2, 0.25) is 0 Å². The van der Waals surface area contributed by atoms with Gasteiger partial charge in [0, 0.05) is 18.7 Å². The third-order valence-electron chi connectivity index (χ3n) is 2.79. The van der Waals surface area contributed by atoms with E-state index in [4.69, 9.17) is 5.11 Å². The molecule has 0 amide bonds. The molecule has 4 nitrogen and oxygen atoms in total. The third kappa shape index (κ3) is 3.68. The molecule has 0 aliphatic carbocycles. The number of rotatable bonds is 6. The van der Waals surface area contributed by atoms with Crippen molar-refractivity contribution in [3.63, 3.8) is 0 Å². The van der Waals surface area contributed by atoms with Gasteiger partial charge in [-0.3, -0.25) is 9.48 Å². The minimum absolute atomic E-state index is 0.137. The second-order valence-electron chi connectivity index (χ2n) is 4.45. The fourth-order valence-electron chi connectivity index (χ4n) is 1.65. The summed E-state index contributed by atoms with van der Waals surface area (Å²) in [6, 6.07) is 2.38. The summed E-state index contributed by atoms with van der Waals surface area (Å²) < 4.78 is 1.95. The lowest BCUT2D eigenvalue weighted by Gasteiger charge is -2.09. The Kier molecular flexibility index (Phi) is 4.52. The lowest BCUT2D eigenvalue weighted by Crippen LogP contribution is -2.09. The molecule has 1 N–H and O–H groups in total. The normalized spacial score (nSPS) is 14.7. The van der Waals surface area contributed by atoms with Crippen LogP contribution in [0.3, 0.4) is 0 Å². The Morgan fingerprint density at radius 1 is 1.56 bits per heavy atom. The number of aliphatic carboxylic acids is 1. The maximum absolute atomic E-state index is 10.5. The summed E-state index contributed by atoms with van der Waals surface area (Å²) in [6.45, 7) is 6.19. The first kappa shape index (κ1) is 12.7. The lowest BCUT2D eigenvalue weighted by atomic mass is 10.0. The number of carboxylic acid groups (broad SMARTS) is 1. The highest BCUT2D eigenvalue weighted by molar-refractivity contribution is 5.66. The van der Waals surface area contributed by atoms with Gasteiger partial charge in [-0.25, -0.2) is 0 Å². The van der Waals surface area contributed by atoms with E-state index >= 15 is 0 Å². The van der Waals surface area contributed by atoms with E-state index < -0.39 is 5.97 Å². The minimum Gasteiger partial charge on any atom is -0.481 e. The van der Waals surface area contributed by atoms with Crippen LogP contribution in [0.15, 0.2) is 12.3 Å². The molecule has 4 heteroatoms. The summed E-state index contributed by atoms with van der Waals surface area (Å²) >= 11 is 0. The monoisotopic (exact) mass is 224 g/mol. The van der Waals surface area contributed by atoms with Crippen molar-refractivity contribution >= 4 is 5.97 Å². The van der Waals surface area contributed by atoms with Crippen molar-refractivity contribution in [3.05, 3.63) is 18.0 Å². The zero-order valence-corrected chi connectivity index (χ0v) is 10.2. The smallest absolute Gasteiger partial charge is 0.303 e. The van der Waals surface area contributed by atoms with Crippen LogP contribution < -0.4 is 0 Å². The van der Waals surface area contributed by atoms with E-state index in [-0.39, 0.29) is 12.3 Å². The number of carboxylic acids is 1. The Morgan fingerprint density at radius 2 is 2.25 bits per heavy atom. The first-order valence-electron chi connectivity index (χ1n) is 5.78. The number of carbonyl (C=O) groups is 1. The molecule has 0 aliphatic rings. The molecule has 0 bridgehead atoms. The van der Waals surface area contributed by atoms with Crippen LogP contribution >= 0.6 is 0 Å². The van der Waals surface area contributed by atoms with Gasteiger partial charge in [0.15, 0.2) is 0 Å². The maximum atomic E-state index is 10.5. The van der Waals surface area contributed by atoms with Crippen molar-refractivity contribution in [2.75, 3.05) is 0 Å². The summed E-state index contributed by atoms with van der Waals surface area (Å²) in [4.78, 5) is 10.5. The SMILES string of the molecule is CCC(C)n1ccc(CC(C)CC(=O)O)n1. The van der Waals surface area contributed by atoms with Crippen LogP contribution in [-0.2, 0) is 11.2 Å². The highest BCUT2D eigenvalue weighted by Gasteiger charge is 2.11. The van der Waals surface area contributed by atoms with Gasteiger partial charge in [0.25, 0.3) is 0 Å². The minimum atomic E-state index is -0.742. The number of hydrogen-bond donors (Lipinski definition) is 1. The fraction of sp³-hybridized carbons (Fsp3) is 0.667. The molecular weight excluding hydrogens is 204 g/mol. The topological polar surface area (TPSA) is 55.1 Å². The van der Waals surface area contributed by atoms with Gasteiger partial charge < -0.3 is 5.11 Å². The first-order chi connectivity index (χ1) is 7.52. The second-order valence-corrected chi connectivity index (χ2v) is 4.45. The molecule has 1 rings (SSSR count). The van der Waals surface area contributed by atoms with Crippen LogP contribution in [0.4, 0.5) is 0 Å². The molecule has 90 valence electrons. The van der Waals surface area contributed by atoms with Crippen LogP contribution in [0.1, 0.15) is 45.3 Å². The van der Waals surface area contributed by atoms with Gasteiger partial charge in [0.2, 0.25) is 0 Å². The van der Waals surface area contributed by atoms with Gasteiger partial charge in [-0.1, -0.05) is 13.8 Å². The maximum Gasteiger partial charge on any atom is 0.303 e. The average Bonchev–Trinajstić information content (AvgIpc) is 2.63. The van der Waals surface area contributed by atoms with Gasteiger partial charge in [-0.2, -0.15) is 5.10 Å². The van der Waals surface area contributed by atoms with Gasteiger partial charge >= 0.3 is 5.97 Å². The quantitative estimate of drug-likeness (QED) is 0.807. The van der Waals surface area contributed by atoms with Crippen LogP contribution in [0, 0.1) is 5.92 Å². The van der Waals surface area contributed by atoms with Gasteiger partial charge in [0.1, 0.15) is 0 Å². The third-order valence-corrected chi connectivity index (χ3v) is 2.79. The molecule has 2 atom stereocenters. The van der Waals surface area contributed by atoms with E-state index in [1.54, 1.807) is 0 Å². The zero-order valence-electron chi connectivity index (χ0n) is 10.2. The Morgan fingerprint density at radius 3 is 2.81 bits per heavy atom. The highest BCUT2D eigenvalue weighted by Crippen LogP contribution is 2.13. The fourth-order valence-corrected chi connectivity index (χ4v) is 1.65. The summed E-state index contributed by atoms with van der Waals surface area (Å²) in [6.07, 6.45) is 3.95. The van der Waals surface area contributed by atoms with E-state index in [2.05, 4.69) is 18.9 Å². The largest absolute Gasteiger partial charge is 0.481 e. The second kappa shape index (κ2) is 5.68. The molecule has 0 radical (unpaired) electrons.